The van der Waals surface area contributed by atoms with Crippen LogP contribution in [-0.4, -0.2) is 27.8 Å². The molecule has 0 spiro atoms. The molecule has 1 aliphatic rings. The molecule has 0 amide bonds. The average Bonchev–Trinajstić information content (AvgIpc) is 2.52. The monoisotopic (exact) mass is 237 g/mol. The summed E-state index contributed by atoms with van der Waals surface area (Å²) in [7, 11) is -1.78. The summed E-state index contributed by atoms with van der Waals surface area (Å²) in [5.74, 6) is -0.212. The lowest BCUT2D eigenvalue weighted by Gasteiger charge is -2.02. The molecule has 2 rings (SSSR count). The Morgan fingerprint density at radius 2 is 2.00 bits per heavy atom. The van der Waals surface area contributed by atoms with Crippen LogP contribution >= 0.6 is 0 Å². The molecule has 0 atom stereocenters. The van der Waals surface area contributed by atoms with Crippen molar-refractivity contribution in [1.29, 1.82) is 0 Å². The lowest BCUT2D eigenvalue weighted by Crippen LogP contribution is -2.19. The highest BCUT2D eigenvalue weighted by atomic mass is 32.2. The van der Waals surface area contributed by atoms with E-state index in [1.807, 2.05) is 0 Å². The van der Waals surface area contributed by atoms with Crippen molar-refractivity contribution in [1.82, 2.24) is 5.32 Å². The van der Waals surface area contributed by atoms with Crippen LogP contribution in [-0.2, 0) is 14.6 Å². The predicted octanol–water partition coefficient (Wildman–Crippen LogP) is 0.603. The summed E-state index contributed by atoms with van der Waals surface area (Å²) in [4.78, 5) is 11.9. The molecular weight excluding hydrogens is 226 g/mol. The lowest BCUT2D eigenvalue weighted by atomic mass is 10.0. The third-order valence-corrected chi connectivity index (χ3v) is 3.91. The van der Waals surface area contributed by atoms with E-state index in [1.54, 1.807) is 25.2 Å². The van der Waals surface area contributed by atoms with Gasteiger partial charge in [0.05, 0.1) is 11.4 Å². The molecule has 0 radical (unpaired) electrons. The van der Waals surface area contributed by atoms with Crippen molar-refractivity contribution in [3.63, 3.8) is 0 Å². The number of ketones is 1. The molecule has 1 aromatic carbocycles. The summed E-state index contributed by atoms with van der Waals surface area (Å²) >= 11 is 0. The van der Waals surface area contributed by atoms with Crippen LogP contribution in [0.2, 0.25) is 0 Å². The standard InChI is InChI=1S/C11H11NO3S/c1-12-6-10(13)9-7-16(14,15)11-5-3-2-4-8(9)11/h2-5,7,12H,6H2,1H3. The van der Waals surface area contributed by atoms with Gasteiger partial charge in [-0.3, -0.25) is 4.79 Å². The number of likely N-dealkylation sites (N-methyl/N-ethyl adjacent to an activating group) is 1. The molecule has 1 aliphatic heterocycles. The van der Waals surface area contributed by atoms with Crippen molar-refractivity contribution >= 4 is 21.2 Å². The zero-order chi connectivity index (χ0) is 11.8. The maximum absolute atomic E-state index is 11.7. The number of hydrogen-bond acceptors (Lipinski definition) is 4. The van der Waals surface area contributed by atoms with Gasteiger partial charge in [0.15, 0.2) is 5.78 Å². The molecule has 0 aromatic heterocycles. The lowest BCUT2D eigenvalue weighted by molar-refractivity contribution is -0.112. The minimum atomic E-state index is -3.43. The van der Waals surface area contributed by atoms with Crippen LogP contribution in [0.3, 0.4) is 0 Å². The summed E-state index contributed by atoms with van der Waals surface area (Å²) in [6, 6.07) is 6.54. The van der Waals surface area contributed by atoms with E-state index in [1.165, 1.54) is 6.07 Å². The van der Waals surface area contributed by atoms with Gasteiger partial charge in [0, 0.05) is 16.5 Å². The van der Waals surface area contributed by atoms with E-state index < -0.39 is 9.84 Å². The number of sulfone groups is 1. The molecule has 0 fully saturated rings. The van der Waals surface area contributed by atoms with Crippen LogP contribution < -0.4 is 5.32 Å². The van der Waals surface area contributed by atoms with Gasteiger partial charge < -0.3 is 5.32 Å². The van der Waals surface area contributed by atoms with E-state index in [0.717, 1.165) is 5.41 Å². The van der Waals surface area contributed by atoms with Crippen LogP contribution in [0.4, 0.5) is 0 Å². The number of fused-ring (bicyclic) bond motifs is 1. The highest BCUT2D eigenvalue weighted by Gasteiger charge is 2.29. The average molecular weight is 237 g/mol. The molecular formula is C11H11NO3S. The Bertz CT molecular complexity index is 573. The van der Waals surface area contributed by atoms with E-state index in [9.17, 15) is 13.2 Å². The maximum Gasteiger partial charge on any atom is 0.201 e. The zero-order valence-corrected chi connectivity index (χ0v) is 9.54. The first-order valence-electron chi connectivity index (χ1n) is 4.80. The number of carbonyl (C=O) groups excluding carboxylic acids is 1. The molecule has 1 aromatic rings. The Morgan fingerprint density at radius 3 is 2.69 bits per heavy atom. The van der Waals surface area contributed by atoms with Gasteiger partial charge in [-0.05, 0) is 13.1 Å². The first-order valence-corrected chi connectivity index (χ1v) is 6.35. The van der Waals surface area contributed by atoms with Crippen LogP contribution in [0.5, 0.6) is 0 Å². The number of Topliss-reactive ketones (excluding diaryl/α,β-unsaturated/α-hetero) is 1. The number of nitrogens with one attached hydrogen (secondary N) is 1. The summed E-state index contributed by atoms with van der Waals surface area (Å²) in [5.41, 5.74) is 0.771. The Labute approximate surface area is 93.9 Å². The third kappa shape index (κ3) is 1.68. The van der Waals surface area contributed by atoms with E-state index >= 15 is 0 Å². The highest BCUT2D eigenvalue weighted by molar-refractivity contribution is 7.95. The summed E-state index contributed by atoms with van der Waals surface area (Å²) in [5, 5.41) is 3.77. The largest absolute Gasteiger partial charge is 0.313 e. The van der Waals surface area contributed by atoms with Crippen LogP contribution in [0.15, 0.2) is 34.6 Å². The minimum Gasteiger partial charge on any atom is -0.313 e. The fraction of sp³-hybridized carbons (Fsp3) is 0.182. The molecule has 5 heteroatoms. The van der Waals surface area contributed by atoms with Gasteiger partial charge in [-0.25, -0.2) is 8.42 Å². The van der Waals surface area contributed by atoms with Gasteiger partial charge in [0.25, 0.3) is 0 Å². The van der Waals surface area contributed by atoms with Crippen molar-refractivity contribution in [3.8, 4) is 0 Å². The second-order valence-corrected chi connectivity index (χ2v) is 5.29. The van der Waals surface area contributed by atoms with Crippen LogP contribution in [0.25, 0.3) is 5.57 Å². The molecule has 0 saturated heterocycles. The van der Waals surface area contributed by atoms with E-state index in [-0.39, 0.29) is 22.8 Å². The predicted molar refractivity (Wildman–Crippen MR) is 60.5 cm³/mol. The van der Waals surface area contributed by atoms with Gasteiger partial charge in [-0.1, -0.05) is 18.2 Å². The quantitative estimate of drug-likeness (QED) is 0.836. The molecule has 84 valence electrons. The number of rotatable bonds is 3. The van der Waals surface area contributed by atoms with Crippen LogP contribution in [0, 0.1) is 0 Å². The van der Waals surface area contributed by atoms with Gasteiger partial charge in [-0.2, -0.15) is 0 Å². The molecule has 0 unspecified atom stereocenters. The number of carbonyl (C=O) groups is 1. The molecule has 16 heavy (non-hydrogen) atoms. The third-order valence-electron chi connectivity index (χ3n) is 2.39. The Kier molecular flexibility index (Phi) is 2.65. The van der Waals surface area contributed by atoms with Gasteiger partial charge in [0.2, 0.25) is 9.84 Å². The van der Waals surface area contributed by atoms with E-state index in [2.05, 4.69) is 5.32 Å². The number of benzene rings is 1. The second kappa shape index (κ2) is 3.84. The van der Waals surface area contributed by atoms with Crippen molar-refractivity contribution in [3.05, 3.63) is 35.2 Å². The Balaban J connectivity index is 2.55. The topological polar surface area (TPSA) is 63.2 Å². The van der Waals surface area contributed by atoms with Crippen molar-refractivity contribution in [2.75, 3.05) is 13.6 Å². The van der Waals surface area contributed by atoms with Gasteiger partial charge >= 0.3 is 0 Å². The fourth-order valence-corrected chi connectivity index (χ4v) is 3.14. The van der Waals surface area contributed by atoms with Gasteiger partial charge in [-0.15, -0.1) is 0 Å². The van der Waals surface area contributed by atoms with Crippen molar-refractivity contribution in [2.24, 2.45) is 0 Å². The maximum atomic E-state index is 11.7. The van der Waals surface area contributed by atoms with E-state index in [0.29, 0.717) is 5.56 Å². The van der Waals surface area contributed by atoms with Crippen molar-refractivity contribution < 1.29 is 13.2 Å². The normalized spacial score (nSPS) is 16.7. The summed E-state index contributed by atoms with van der Waals surface area (Å²) < 4.78 is 23.4. The SMILES string of the molecule is CNCC(=O)C1=CS(=O)(=O)c2ccccc21. The molecule has 4 nitrogen and oxygen atoms in total. The Hall–Kier alpha value is -1.46. The molecule has 0 bridgehead atoms. The fourth-order valence-electron chi connectivity index (χ4n) is 1.69. The smallest absolute Gasteiger partial charge is 0.201 e. The Morgan fingerprint density at radius 1 is 1.31 bits per heavy atom. The van der Waals surface area contributed by atoms with E-state index in [4.69, 9.17) is 0 Å². The molecule has 1 heterocycles. The minimum absolute atomic E-state index is 0.135. The first-order chi connectivity index (χ1) is 7.56. The second-order valence-electron chi connectivity index (χ2n) is 3.53. The summed E-state index contributed by atoms with van der Waals surface area (Å²) in [6.45, 7) is 0.135. The number of hydrogen-bond donors (Lipinski definition) is 1. The molecule has 1 N–H and O–H groups in total. The molecule has 0 saturated carbocycles. The van der Waals surface area contributed by atoms with Gasteiger partial charge in [0.1, 0.15) is 0 Å². The van der Waals surface area contributed by atoms with Crippen molar-refractivity contribution in [2.45, 2.75) is 4.90 Å². The first kappa shape index (κ1) is 11.0. The zero-order valence-electron chi connectivity index (χ0n) is 8.73. The highest BCUT2D eigenvalue weighted by Crippen LogP contribution is 2.33. The molecule has 0 aliphatic carbocycles. The van der Waals surface area contributed by atoms with Crippen LogP contribution in [0.1, 0.15) is 5.56 Å². The summed E-state index contributed by atoms with van der Waals surface area (Å²) in [6.07, 6.45) is 0.